The molecule has 1 aromatic carbocycles. The molecule has 1 heterocycles. The van der Waals surface area contributed by atoms with Crippen molar-refractivity contribution in [2.45, 2.75) is 26.3 Å². The molecule has 4 nitrogen and oxygen atoms in total. The fraction of sp³-hybridized carbons (Fsp3) is 0.353. The van der Waals surface area contributed by atoms with Gasteiger partial charge in [-0.15, -0.1) is 12.4 Å². The molecule has 0 spiro atoms. The quantitative estimate of drug-likeness (QED) is 0.858. The first-order chi connectivity index (χ1) is 10.1. The Morgan fingerprint density at radius 2 is 1.86 bits per heavy atom. The smallest absolute Gasteiger partial charge is 0.287 e. The van der Waals surface area contributed by atoms with Crippen molar-refractivity contribution in [3.05, 3.63) is 47.7 Å². The average molecular weight is 323 g/mol. The summed E-state index contributed by atoms with van der Waals surface area (Å²) >= 11 is 0. The molecule has 2 aromatic rings. The van der Waals surface area contributed by atoms with Gasteiger partial charge in [-0.05, 0) is 38.1 Å². The van der Waals surface area contributed by atoms with E-state index in [1.165, 1.54) is 5.56 Å². The first-order valence-electron chi connectivity index (χ1n) is 7.28. The Labute approximate surface area is 137 Å². The third-order valence-corrected chi connectivity index (χ3v) is 3.54. The topological polar surface area (TPSA) is 54.3 Å². The van der Waals surface area contributed by atoms with E-state index in [-0.39, 0.29) is 24.4 Å². The molecule has 1 aromatic heterocycles. The minimum absolute atomic E-state index is 0. The van der Waals surface area contributed by atoms with Gasteiger partial charge in [-0.2, -0.15) is 0 Å². The third kappa shape index (κ3) is 4.61. The second-order valence-electron chi connectivity index (χ2n) is 5.11. The first-order valence-corrected chi connectivity index (χ1v) is 7.28. The van der Waals surface area contributed by atoms with Crippen molar-refractivity contribution in [1.29, 1.82) is 0 Å². The van der Waals surface area contributed by atoms with E-state index in [0.717, 1.165) is 12.0 Å². The molecule has 0 fully saturated rings. The van der Waals surface area contributed by atoms with E-state index in [9.17, 15) is 4.79 Å². The van der Waals surface area contributed by atoms with Crippen molar-refractivity contribution in [2.24, 2.45) is 0 Å². The van der Waals surface area contributed by atoms with Crippen molar-refractivity contribution < 1.29 is 9.21 Å². The molecule has 5 heteroatoms. The maximum absolute atomic E-state index is 12.0. The van der Waals surface area contributed by atoms with Gasteiger partial charge in [-0.25, -0.2) is 0 Å². The standard InChI is InChI=1S/C17H22N2O2.ClH/c1-4-13-5-7-14(8-6-13)15-9-10-16(21-15)17(20)19-11-12(2)18-3;/h5-10,12,18H,4,11H2,1-3H3,(H,19,20);1H. The number of hydrogen-bond acceptors (Lipinski definition) is 3. The lowest BCUT2D eigenvalue weighted by atomic mass is 10.1. The molecule has 2 N–H and O–H groups in total. The van der Waals surface area contributed by atoms with Crippen LogP contribution in [0.4, 0.5) is 0 Å². The molecule has 0 aliphatic heterocycles. The minimum atomic E-state index is -0.187. The van der Waals surface area contributed by atoms with Gasteiger partial charge in [0.15, 0.2) is 5.76 Å². The normalized spacial score (nSPS) is 11.6. The van der Waals surface area contributed by atoms with E-state index < -0.39 is 0 Å². The number of halogens is 1. The summed E-state index contributed by atoms with van der Waals surface area (Å²) in [7, 11) is 1.86. The highest BCUT2D eigenvalue weighted by Gasteiger charge is 2.12. The first kappa shape index (κ1) is 18.3. The van der Waals surface area contributed by atoms with Crippen LogP contribution in [-0.4, -0.2) is 25.5 Å². The molecule has 22 heavy (non-hydrogen) atoms. The molecule has 0 aliphatic rings. The molecule has 0 radical (unpaired) electrons. The van der Waals surface area contributed by atoms with Gasteiger partial charge in [0, 0.05) is 18.2 Å². The van der Waals surface area contributed by atoms with Crippen LogP contribution in [0, 0.1) is 0 Å². The van der Waals surface area contributed by atoms with Crippen molar-refractivity contribution in [1.82, 2.24) is 10.6 Å². The lowest BCUT2D eigenvalue weighted by Gasteiger charge is -2.10. The number of benzene rings is 1. The summed E-state index contributed by atoms with van der Waals surface area (Å²) in [4.78, 5) is 12.0. The molecule has 120 valence electrons. The summed E-state index contributed by atoms with van der Waals surface area (Å²) in [6, 6.07) is 12.0. The maximum atomic E-state index is 12.0. The Morgan fingerprint density at radius 1 is 1.18 bits per heavy atom. The Kier molecular flexibility index (Phi) is 7.15. The lowest BCUT2D eigenvalue weighted by molar-refractivity contribution is 0.0923. The minimum Gasteiger partial charge on any atom is -0.451 e. The maximum Gasteiger partial charge on any atom is 0.287 e. The summed E-state index contributed by atoms with van der Waals surface area (Å²) in [5.41, 5.74) is 2.26. The summed E-state index contributed by atoms with van der Waals surface area (Å²) in [6.45, 7) is 4.69. The van der Waals surface area contributed by atoms with Crippen LogP contribution in [0.3, 0.4) is 0 Å². The lowest BCUT2D eigenvalue weighted by Crippen LogP contribution is -2.37. The van der Waals surface area contributed by atoms with Crippen LogP contribution in [0.1, 0.15) is 30.0 Å². The summed E-state index contributed by atoms with van der Waals surface area (Å²) in [5, 5.41) is 5.91. The van der Waals surface area contributed by atoms with Crippen molar-refractivity contribution >= 4 is 18.3 Å². The fourth-order valence-electron chi connectivity index (χ4n) is 1.95. The Bertz CT molecular complexity index is 593. The number of furan rings is 1. The van der Waals surface area contributed by atoms with Crippen LogP contribution in [0.25, 0.3) is 11.3 Å². The Hall–Kier alpha value is -1.78. The van der Waals surface area contributed by atoms with Crippen LogP contribution in [0.5, 0.6) is 0 Å². The zero-order chi connectivity index (χ0) is 15.2. The number of hydrogen-bond donors (Lipinski definition) is 2. The highest BCUT2D eigenvalue weighted by molar-refractivity contribution is 5.92. The van der Waals surface area contributed by atoms with Crippen molar-refractivity contribution in [3.8, 4) is 11.3 Å². The molecule has 1 unspecified atom stereocenters. The second kappa shape index (κ2) is 8.61. The molecular formula is C17H23ClN2O2. The molecule has 0 aliphatic carbocycles. The largest absolute Gasteiger partial charge is 0.451 e. The SMILES string of the molecule is CCc1ccc(-c2ccc(C(=O)NCC(C)NC)o2)cc1.Cl. The summed E-state index contributed by atoms with van der Waals surface area (Å²) in [5.74, 6) is 0.867. The Morgan fingerprint density at radius 3 is 2.45 bits per heavy atom. The van der Waals surface area contributed by atoms with Crippen LogP contribution in [0.15, 0.2) is 40.8 Å². The number of carbonyl (C=O) groups is 1. The number of amides is 1. The van der Waals surface area contributed by atoms with Gasteiger partial charge >= 0.3 is 0 Å². The van der Waals surface area contributed by atoms with Crippen LogP contribution < -0.4 is 10.6 Å². The van der Waals surface area contributed by atoms with Crippen LogP contribution in [-0.2, 0) is 6.42 Å². The van der Waals surface area contributed by atoms with Gasteiger partial charge in [0.1, 0.15) is 5.76 Å². The van der Waals surface area contributed by atoms with Gasteiger partial charge in [0.2, 0.25) is 0 Å². The van der Waals surface area contributed by atoms with Gasteiger partial charge in [-0.3, -0.25) is 4.79 Å². The molecule has 1 atom stereocenters. The van der Waals surface area contributed by atoms with Crippen molar-refractivity contribution in [3.63, 3.8) is 0 Å². The monoisotopic (exact) mass is 322 g/mol. The zero-order valence-electron chi connectivity index (χ0n) is 13.2. The van der Waals surface area contributed by atoms with E-state index in [4.69, 9.17) is 4.42 Å². The fourth-order valence-corrected chi connectivity index (χ4v) is 1.95. The molecule has 0 saturated heterocycles. The molecule has 0 bridgehead atoms. The van der Waals surface area contributed by atoms with E-state index in [2.05, 4.69) is 29.7 Å². The molecular weight excluding hydrogens is 300 g/mol. The predicted octanol–water partition coefficient (Wildman–Crippen LogP) is 3.27. The average Bonchev–Trinajstić information content (AvgIpc) is 3.02. The predicted molar refractivity (Wildman–Crippen MR) is 91.6 cm³/mol. The molecule has 0 saturated carbocycles. The number of rotatable bonds is 6. The van der Waals surface area contributed by atoms with Crippen LogP contribution in [0.2, 0.25) is 0 Å². The second-order valence-corrected chi connectivity index (χ2v) is 5.11. The van der Waals surface area contributed by atoms with E-state index in [1.54, 1.807) is 6.07 Å². The Balaban J connectivity index is 0.00000242. The number of carbonyl (C=O) groups excluding carboxylic acids is 1. The third-order valence-electron chi connectivity index (χ3n) is 3.54. The summed E-state index contributed by atoms with van der Waals surface area (Å²) in [6.07, 6.45) is 1.01. The summed E-state index contributed by atoms with van der Waals surface area (Å²) < 4.78 is 5.64. The van der Waals surface area contributed by atoms with E-state index in [1.807, 2.05) is 32.2 Å². The number of nitrogens with one attached hydrogen (secondary N) is 2. The van der Waals surface area contributed by atoms with Gasteiger partial charge in [-0.1, -0.05) is 31.2 Å². The molecule has 2 rings (SSSR count). The van der Waals surface area contributed by atoms with Gasteiger partial charge < -0.3 is 15.1 Å². The number of aryl methyl sites for hydroxylation is 1. The molecule has 1 amide bonds. The van der Waals surface area contributed by atoms with Gasteiger partial charge in [0.25, 0.3) is 5.91 Å². The highest BCUT2D eigenvalue weighted by atomic mass is 35.5. The number of likely N-dealkylation sites (N-methyl/N-ethyl adjacent to an activating group) is 1. The van der Waals surface area contributed by atoms with Crippen LogP contribution >= 0.6 is 12.4 Å². The van der Waals surface area contributed by atoms with E-state index in [0.29, 0.717) is 18.1 Å². The highest BCUT2D eigenvalue weighted by Crippen LogP contribution is 2.22. The van der Waals surface area contributed by atoms with Gasteiger partial charge in [0.05, 0.1) is 0 Å². The van der Waals surface area contributed by atoms with E-state index >= 15 is 0 Å². The zero-order valence-corrected chi connectivity index (χ0v) is 14.0. The van der Waals surface area contributed by atoms with Crippen molar-refractivity contribution in [2.75, 3.05) is 13.6 Å².